The van der Waals surface area contributed by atoms with Crippen molar-refractivity contribution in [1.29, 1.82) is 0 Å². The van der Waals surface area contributed by atoms with Gasteiger partial charge in [0.15, 0.2) is 0 Å². The molecule has 0 spiro atoms. The fourth-order valence-corrected chi connectivity index (χ4v) is 2.86. The Morgan fingerprint density at radius 2 is 1.94 bits per heavy atom. The van der Waals surface area contributed by atoms with Crippen molar-refractivity contribution in [2.45, 2.75) is 37.5 Å². The van der Waals surface area contributed by atoms with Crippen LogP contribution in [0.25, 0.3) is 0 Å². The second-order valence-corrected chi connectivity index (χ2v) is 5.12. The van der Waals surface area contributed by atoms with Crippen molar-refractivity contribution in [3.05, 3.63) is 28.8 Å². The molecule has 2 nitrogen and oxygen atoms in total. The zero-order chi connectivity index (χ0) is 11.6. The summed E-state index contributed by atoms with van der Waals surface area (Å²) in [5.74, 6) is 0.147. The Hall–Kier alpha value is -0.730. The van der Waals surface area contributed by atoms with E-state index in [-0.39, 0.29) is 11.2 Å². The molecule has 0 radical (unpaired) electrons. The third-order valence-corrected chi connectivity index (χ3v) is 4.06. The number of halogens is 1. The van der Waals surface area contributed by atoms with Gasteiger partial charge in [0.2, 0.25) is 0 Å². The van der Waals surface area contributed by atoms with Gasteiger partial charge in [0.25, 0.3) is 0 Å². The third-order valence-electron chi connectivity index (χ3n) is 3.76. The largest absolute Gasteiger partial charge is 0.506 e. The van der Waals surface area contributed by atoms with Gasteiger partial charge in [-0.3, -0.25) is 0 Å². The molecule has 1 aliphatic rings. The topological polar surface area (TPSA) is 46.2 Å². The fraction of sp³-hybridized carbons (Fsp3) is 0.538. The lowest BCUT2D eigenvalue weighted by Crippen LogP contribution is -2.37. The Bertz CT molecular complexity index is 372. The molecule has 0 bridgehead atoms. The second kappa shape index (κ2) is 4.64. The number of phenolic OH excluding ortho intramolecular Hbond substituents is 1. The Labute approximate surface area is 101 Å². The zero-order valence-corrected chi connectivity index (χ0v) is 10.1. The molecule has 2 rings (SSSR count). The zero-order valence-electron chi connectivity index (χ0n) is 9.38. The lowest BCUT2D eigenvalue weighted by molar-refractivity contribution is 0.300. The van der Waals surface area contributed by atoms with Gasteiger partial charge >= 0.3 is 0 Å². The first-order valence-electron chi connectivity index (χ1n) is 5.87. The van der Waals surface area contributed by atoms with E-state index in [1.807, 2.05) is 12.1 Å². The van der Waals surface area contributed by atoms with Crippen molar-refractivity contribution in [2.24, 2.45) is 5.73 Å². The Morgan fingerprint density at radius 3 is 2.50 bits per heavy atom. The van der Waals surface area contributed by atoms with Crippen LogP contribution in [0.4, 0.5) is 0 Å². The van der Waals surface area contributed by atoms with E-state index in [1.54, 1.807) is 6.07 Å². The van der Waals surface area contributed by atoms with Gasteiger partial charge in [-0.1, -0.05) is 36.9 Å². The van der Waals surface area contributed by atoms with Crippen molar-refractivity contribution in [2.75, 3.05) is 6.54 Å². The number of nitrogens with two attached hydrogens (primary N) is 1. The summed E-state index contributed by atoms with van der Waals surface area (Å²) in [6.07, 6.45) is 6.02. The lowest BCUT2D eigenvalue weighted by Gasteiger charge is -2.37. The normalized spacial score (nSPS) is 19.6. The fourth-order valence-electron chi connectivity index (χ4n) is 2.68. The van der Waals surface area contributed by atoms with E-state index >= 15 is 0 Å². The third kappa shape index (κ3) is 2.04. The van der Waals surface area contributed by atoms with E-state index in [4.69, 9.17) is 17.3 Å². The van der Waals surface area contributed by atoms with E-state index in [0.29, 0.717) is 11.6 Å². The summed E-state index contributed by atoms with van der Waals surface area (Å²) in [7, 11) is 0. The number of aromatic hydroxyl groups is 1. The molecular formula is C13H18ClNO. The second-order valence-electron chi connectivity index (χ2n) is 4.71. The molecule has 0 saturated heterocycles. The summed E-state index contributed by atoms with van der Waals surface area (Å²) < 4.78 is 0. The van der Waals surface area contributed by atoms with Gasteiger partial charge in [0.05, 0.1) is 5.02 Å². The molecule has 0 unspecified atom stereocenters. The summed E-state index contributed by atoms with van der Waals surface area (Å²) in [6, 6.07) is 5.50. The smallest absolute Gasteiger partial charge is 0.134 e. The quantitative estimate of drug-likeness (QED) is 0.833. The monoisotopic (exact) mass is 239 g/mol. The molecule has 0 aliphatic heterocycles. The Balaban J connectivity index is 2.35. The molecule has 0 aromatic heterocycles. The van der Waals surface area contributed by atoms with Gasteiger partial charge in [-0.05, 0) is 30.5 Å². The minimum absolute atomic E-state index is 0.0790. The average molecular weight is 240 g/mol. The van der Waals surface area contributed by atoms with E-state index in [1.165, 1.54) is 24.8 Å². The van der Waals surface area contributed by atoms with Crippen molar-refractivity contribution in [3.8, 4) is 5.75 Å². The maximum absolute atomic E-state index is 9.44. The Kier molecular flexibility index (Phi) is 3.41. The van der Waals surface area contributed by atoms with E-state index < -0.39 is 0 Å². The molecule has 0 amide bonds. The van der Waals surface area contributed by atoms with Gasteiger partial charge < -0.3 is 10.8 Å². The van der Waals surface area contributed by atoms with Crippen LogP contribution in [-0.4, -0.2) is 11.7 Å². The molecule has 1 aromatic carbocycles. The number of hydrogen-bond donors (Lipinski definition) is 2. The summed E-state index contributed by atoms with van der Waals surface area (Å²) in [5, 5.41) is 9.86. The number of rotatable bonds is 2. The van der Waals surface area contributed by atoms with Gasteiger partial charge in [-0.25, -0.2) is 0 Å². The van der Waals surface area contributed by atoms with Crippen LogP contribution in [-0.2, 0) is 5.41 Å². The Morgan fingerprint density at radius 1 is 1.25 bits per heavy atom. The van der Waals surface area contributed by atoms with Crippen LogP contribution in [0.5, 0.6) is 5.75 Å². The van der Waals surface area contributed by atoms with Crippen molar-refractivity contribution in [3.63, 3.8) is 0 Å². The standard InChI is InChI=1S/C13H18ClNO/c14-11-8-10(4-5-12(11)16)13(9-15)6-2-1-3-7-13/h4-5,8,16H,1-3,6-7,9,15H2. The highest BCUT2D eigenvalue weighted by atomic mass is 35.5. The minimum Gasteiger partial charge on any atom is -0.506 e. The first kappa shape index (κ1) is 11.7. The number of hydrogen-bond acceptors (Lipinski definition) is 2. The molecule has 16 heavy (non-hydrogen) atoms. The first-order chi connectivity index (χ1) is 7.68. The van der Waals surface area contributed by atoms with Crippen LogP contribution in [0.3, 0.4) is 0 Å². The highest BCUT2D eigenvalue weighted by Crippen LogP contribution is 2.40. The molecule has 1 saturated carbocycles. The molecule has 0 heterocycles. The van der Waals surface area contributed by atoms with Crippen molar-refractivity contribution in [1.82, 2.24) is 0 Å². The maximum atomic E-state index is 9.44. The van der Waals surface area contributed by atoms with Gasteiger partial charge in [0, 0.05) is 12.0 Å². The highest BCUT2D eigenvalue weighted by Gasteiger charge is 2.32. The van der Waals surface area contributed by atoms with Crippen LogP contribution in [0, 0.1) is 0 Å². The van der Waals surface area contributed by atoms with Gasteiger partial charge in [0.1, 0.15) is 5.75 Å². The van der Waals surface area contributed by atoms with E-state index in [9.17, 15) is 5.11 Å². The summed E-state index contributed by atoms with van der Waals surface area (Å²) >= 11 is 5.96. The van der Waals surface area contributed by atoms with E-state index in [0.717, 1.165) is 12.8 Å². The van der Waals surface area contributed by atoms with Crippen LogP contribution in [0.1, 0.15) is 37.7 Å². The van der Waals surface area contributed by atoms with Gasteiger partial charge in [-0.15, -0.1) is 0 Å². The van der Waals surface area contributed by atoms with Crippen LogP contribution < -0.4 is 5.73 Å². The predicted molar refractivity (Wildman–Crippen MR) is 66.9 cm³/mol. The molecule has 3 N–H and O–H groups in total. The van der Waals surface area contributed by atoms with Crippen molar-refractivity contribution >= 4 is 11.6 Å². The highest BCUT2D eigenvalue weighted by molar-refractivity contribution is 6.32. The molecule has 88 valence electrons. The summed E-state index contributed by atoms with van der Waals surface area (Å²) in [5.41, 5.74) is 7.21. The van der Waals surface area contributed by atoms with Crippen LogP contribution in [0.15, 0.2) is 18.2 Å². The maximum Gasteiger partial charge on any atom is 0.134 e. The predicted octanol–water partition coefficient (Wildman–Crippen LogP) is 3.21. The summed E-state index contributed by atoms with van der Waals surface area (Å²) in [6.45, 7) is 0.661. The molecule has 0 atom stereocenters. The molecule has 1 aliphatic carbocycles. The van der Waals surface area contributed by atoms with Crippen LogP contribution >= 0.6 is 11.6 Å². The lowest BCUT2D eigenvalue weighted by atomic mass is 9.69. The average Bonchev–Trinajstić information content (AvgIpc) is 2.33. The SMILES string of the molecule is NCC1(c2ccc(O)c(Cl)c2)CCCCC1. The van der Waals surface area contributed by atoms with E-state index in [2.05, 4.69) is 0 Å². The molecule has 1 fully saturated rings. The number of benzene rings is 1. The minimum atomic E-state index is 0.0790. The van der Waals surface area contributed by atoms with Crippen molar-refractivity contribution < 1.29 is 5.11 Å². The molecule has 1 aromatic rings. The first-order valence-corrected chi connectivity index (χ1v) is 6.25. The molecular weight excluding hydrogens is 222 g/mol. The molecule has 3 heteroatoms. The summed E-state index contributed by atoms with van der Waals surface area (Å²) in [4.78, 5) is 0. The van der Waals surface area contributed by atoms with Crippen LogP contribution in [0.2, 0.25) is 5.02 Å². The number of phenols is 1. The van der Waals surface area contributed by atoms with Gasteiger partial charge in [-0.2, -0.15) is 0 Å².